The molecule has 1 amide bonds. The van der Waals surface area contributed by atoms with Crippen LogP contribution in [0.4, 0.5) is 0 Å². The minimum absolute atomic E-state index is 0.113. The summed E-state index contributed by atoms with van der Waals surface area (Å²) in [6.07, 6.45) is 0. The SMILES string of the molecule is CCOCC(=O)N1CCN(Cc2cccc(C)c2)CC1. The Balaban J connectivity index is 1.78. The molecule has 0 aromatic heterocycles. The fraction of sp³-hybridized carbons (Fsp3) is 0.562. The smallest absolute Gasteiger partial charge is 0.248 e. The molecule has 4 heteroatoms. The van der Waals surface area contributed by atoms with E-state index in [1.165, 1.54) is 11.1 Å². The molecule has 2 rings (SSSR count). The summed E-state index contributed by atoms with van der Waals surface area (Å²) in [7, 11) is 0. The van der Waals surface area contributed by atoms with Crippen molar-refractivity contribution < 1.29 is 9.53 Å². The third kappa shape index (κ3) is 4.32. The van der Waals surface area contributed by atoms with Crippen molar-refractivity contribution in [3.05, 3.63) is 35.4 Å². The predicted molar refractivity (Wildman–Crippen MR) is 79.5 cm³/mol. The Bertz CT molecular complexity index is 440. The lowest BCUT2D eigenvalue weighted by Gasteiger charge is -2.34. The lowest BCUT2D eigenvalue weighted by molar-refractivity contribution is -0.137. The van der Waals surface area contributed by atoms with Crippen molar-refractivity contribution >= 4 is 5.91 Å². The van der Waals surface area contributed by atoms with Gasteiger partial charge in [0.1, 0.15) is 6.61 Å². The Hall–Kier alpha value is -1.39. The second-order valence-corrected chi connectivity index (χ2v) is 5.28. The second-order valence-electron chi connectivity index (χ2n) is 5.28. The van der Waals surface area contributed by atoms with Gasteiger partial charge in [0.15, 0.2) is 0 Å². The molecule has 4 nitrogen and oxygen atoms in total. The minimum atomic E-state index is 0.113. The summed E-state index contributed by atoms with van der Waals surface area (Å²) in [4.78, 5) is 16.2. The van der Waals surface area contributed by atoms with E-state index in [-0.39, 0.29) is 12.5 Å². The van der Waals surface area contributed by atoms with Gasteiger partial charge in [-0.1, -0.05) is 29.8 Å². The topological polar surface area (TPSA) is 32.8 Å². The molecule has 1 aromatic rings. The number of hydrogen-bond acceptors (Lipinski definition) is 3. The van der Waals surface area contributed by atoms with Crippen molar-refractivity contribution in [2.45, 2.75) is 20.4 Å². The first-order valence-electron chi connectivity index (χ1n) is 7.32. The molecule has 1 aromatic carbocycles. The van der Waals surface area contributed by atoms with Crippen LogP contribution in [0.3, 0.4) is 0 Å². The van der Waals surface area contributed by atoms with Crippen molar-refractivity contribution in [1.29, 1.82) is 0 Å². The van der Waals surface area contributed by atoms with E-state index in [0.29, 0.717) is 6.61 Å². The Kier molecular flexibility index (Phi) is 5.56. The van der Waals surface area contributed by atoms with Crippen LogP contribution in [-0.2, 0) is 16.1 Å². The first-order chi connectivity index (χ1) is 9.69. The molecule has 1 saturated heterocycles. The number of piperazine rings is 1. The van der Waals surface area contributed by atoms with E-state index < -0.39 is 0 Å². The number of amides is 1. The first kappa shape index (κ1) is 15.0. The quantitative estimate of drug-likeness (QED) is 0.820. The van der Waals surface area contributed by atoms with E-state index in [4.69, 9.17) is 4.74 Å². The van der Waals surface area contributed by atoms with Crippen LogP contribution in [0.25, 0.3) is 0 Å². The van der Waals surface area contributed by atoms with E-state index in [0.717, 1.165) is 32.7 Å². The van der Waals surface area contributed by atoms with Gasteiger partial charge in [-0.2, -0.15) is 0 Å². The van der Waals surface area contributed by atoms with Crippen LogP contribution in [0, 0.1) is 6.92 Å². The Morgan fingerprint density at radius 2 is 2.00 bits per heavy atom. The Morgan fingerprint density at radius 3 is 2.65 bits per heavy atom. The molecule has 0 bridgehead atoms. The summed E-state index contributed by atoms with van der Waals surface area (Å²) in [6.45, 7) is 9.29. The molecule has 0 atom stereocenters. The molecule has 1 heterocycles. The molecule has 0 radical (unpaired) electrons. The second kappa shape index (κ2) is 7.41. The molecular weight excluding hydrogens is 252 g/mol. The van der Waals surface area contributed by atoms with Crippen molar-refractivity contribution in [2.24, 2.45) is 0 Å². The number of benzene rings is 1. The van der Waals surface area contributed by atoms with Gasteiger partial charge >= 0.3 is 0 Å². The highest BCUT2D eigenvalue weighted by Gasteiger charge is 2.20. The van der Waals surface area contributed by atoms with E-state index in [9.17, 15) is 4.79 Å². The van der Waals surface area contributed by atoms with E-state index in [1.54, 1.807) is 0 Å². The molecule has 0 unspecified atom stereocenters. The normalized spacial score (nSPS) is 16.4. The number of carbonyl (C=O) groups is 1. The number of nitrogens with zero attached hydrogens (tertiary/aromatic N) is 2. The van der Waals surface area contributed by atoms with Gasteiger partial charge in [-0.05, 0) is 19.4 Å². The fourth-order valence-corrected chi connectivity index (χ4v) is 2.50. The number of rotatable bonds is 5. The van der Waals surface area contributed by atoms with Gasteiger partial charge in [-0.3, -0.25) is 9.69 Å². The largest absolute Gasteiger partial charge is 0.372 e. The number of aryl methyl sites for hydroxylation is 1. The van der Waals surface area contributed by atoms with Crippen molar-refractivity contribution in [1.82, 2.24) is 9.80 Å². The molecule has 1 aliphatic heterocycles. The first-order valence-corrected chi connectivity index (χ1v) is 7.32. The van der Waals surface area contributed by atoms with Crippen LogP contribution in [-0.4, -0.2) is 55.1 Å². The van der Waals surface area contributed by atoms with Gasteiger partial charge in [-0.25, -0.2) is 0 Å². The lowest BCUT2D eigenvalue weighted by atomic mass is 10.1. The summed E-state index contributed by atoms with van der Waals surface area (Å²) in [5, 5.41) is 0. The van der Waals surface area contributed by atoms with Gasteiger partial charge < -0.3 is 9.64 Å². The van der Waals surface area contributed by atoms with Gasteiger partial charge in [0.2, 0.25) is 5.91 Å². The summed E-state index contributed by atoms with van der Waals surface area (Å²) < 4.78 is 5.18. The molecule has 1 aliphatic rings. The van der Waals surface area contributed by atoms with Gasteiger partial charge in [-0.15, -0.1) is 0 Å². The van der Waals surface area contributed by atoms with E-state index in [2.05, 4.69) is 36.1 Å². The summed E-state index contributed by atoms with van der Waals surface area (Å²) >= 11 is 0. The van der Waals surface area contributed by atoms with Crippen LogP contribution in [0.5, 0.6) is 0 Å². The van der Waals surface area contributed by atoms with Crippen LogP contribution < -0.4 is 0 Å². The molecule has 0 N–H and O–H groups in total. The molecule has 1 fully saturated rings. The molecular formula is C16H24N2O2. The average Bonchev–Trinajstić information content (AvgIpc) is 2.45. The van der Waals surface area contributed by atoms with Crippen LogP contribution >= 0.6 is 0 Å². The Morgan fingerprint density at radius 1 is 1.25 bits per heavy atom. The maximum atomic E-state index is 11.8. The van der Waals surface area contributed by atoms with Crippen LogP contribution in [0.15, 0.2) is 24.3 Å². The maximum absolute atomic E-state index is 11.8. The van der Waals surface area contributed by atoms with E-state index in [1.807, 2.05) is 11.8 Å². The summed E-state index contributed by atoms with van der Waals surface area (Å²) in [6, 6.07) is 8.62. The highest BCUT2D eigenvalue weighted by Crippen LogP contribution is 2.10. The number of ether oxygens (including phenoxy) is 1. The van der Waals surface area contributed by atoms with Gasteiger partial charge in [0.25, 0.3) is 0 Å². The van der Waals surface area contributed by atoms with Gasteiger partial charge in [0.05, 0.1) is 0 Å². The number of carbonyl (C=O) groups excluding carboxylic acids is 1. The standard InChI is InChI=1S/C16H24N2O2/c1-3-20-13-16(19)18-9-7-17(8-10-18)12-15-6-4-5-14(2)11-15/h4-6,11H,3,7-10,12-13H2,1-2H3. The molecule has 110 valence electrons. The average molecular weight is 276 g/mol. The zero-order chi connectivity index (χ0) is 14.4. The number of hydrogen-bond donors (Lipinski definition) is 0. The highest BCUT2D eigenvalue weighted by atomic mass is 16.5. The van der Waals surface area contributed by atoms with Crippen LogP contribution in [0.1, 0.15) is 18.1 Å². The zero-order valence-electron chi connectivity index (χ0n) is 12.5. The third-order valence-corrected chi connectivity index (χ3v) is 3.64. The minimum Gasteiger partial charge on any atom is -0.372 e. The monoisotopic (exact) mass is 276 g/mol. The van der Waals surface area contributed by atoms with Crippen LogP contribution in [0.2, 0.25) is 0 Å². The van der Waals surface area contributed by atoms with Crippen molar-refractivity contribution in [3.63, 3.8) is 0 Å². The third-order valence-electron chi connectivity index (χ3n) is 3.64. The Labute approximate surface area is 121 Å². The molecule has 20 heavy (non-hydrogen) atoms. The highest BCUT2D eigenvalue weighted by molar-refractivity contribution is 5.77. The molecule has 0 spiro atoms. The maximum Gasteiger partial charge on any atom is 0.248 e. The predicted octanol–water partition coefficient (Wildman–Crippen LogP) is 1.68. The fourth-order valence-electron chi connectivity index (χ4n) is 2.50. The summed E-state index contributed by atoms with van der Waals surface area (Å²) in [5.41, 5.74) is 2.65. The van der Waals surface area contributed by atoms with E-state index >= 15 is 0 Å². The van der Waals surface area contributed by atoms with Gasteiger partial charge in [0, 0.05) is 39.3 Å². The zero-order valence-corrected chi connectivity index (χ0v) is 12.5. The van der Waals surface area contributed by atoms with Crippen molar-refractivity contribution in [3.8, 4) is 0 Å². The summed E-state index contributed by atoms with van der Waals surface area (Å²) in [5.74, 6) is 0.113. The molecule has 0 aliphatic carbocycles. The van der Waals surface area contributed by atoms with Crippen molar-refractivity contribution in [2.75, 3.05) is 39.4 Å². The lowest BCUT2D eigenvalue weighted by Crippen LogP contribution is -2.49. The molecule has 0 saturated carbocycles.